The zero-order valence-electron chi connectivity index (χ0n) is 12.0. The molecule has 0 spiro atoms. The van der Waals surface area contributed by atoms with Gasteiger partial charge < -0.3 is 15.8 Å². The Bertz CT molecular complexity index is 723. The summed E-state index contributed by atoms with van der Waals surface area (Å²) in [5.74, 6) is 0. The summed E-state index contributed by atoms with van der Waals surface area (Å²) in [5.41, 5.74) is 5.44. The van der Waals surface area contributed by atoms with Crippen molar-refractivity contribution in [3.63, 3.8) is 0 Å². The number of pyridine rings is 1. The highest BCUT2D eigenvalue weighted by molar-refractivity contribution is 6.31. The van der Waals surface area contributed by atoms with Crippen LogP contribution in [0.25, 0.3) is 10.9 Å². The maximum absolute atomic E-state index is 13.1. The molecule has 0 saturated carbocycles. The van der Waals surface area contributed by atoms with Gasteiger partial charge in [0.25, 0.3) is 0 Å². The number of halogens is 4. The first-order valence-corrected chi connectivity index (χ1v) is 7.48. The molecule has 23 heavy (non-hydrogen) atoms. The molecule has 2 aromatic rings. The molecule has 1 aromatic carbocycles. The third-order valence-corrected chi connectivity index (χ3v) is 3.89. The summed E-state index contributed by atoms with van der Waals surface area (Å²) in [6.07, 6.45) is -3.91. The zero-order valence-corrected chi connectivity index (χ0v) is 12.8. The number of hydrogen-bond acceptors (Lipinski definition) is 4. The van der Waals surface area contributed by atoms with Gasteiger partial charge in [0.05, 0.1) is 24.8 Å². The molecule has 1 aromatic heterocycles. The number of hydrogen-bond donors (Lipinski definition) is 2. The highest BCUT2D eigenvalue weighted by Gasteiger charge is 2.33. The number of aromatic nitrogens is 1. The highest BCUT2D eigenvalue weighted by Crippen LogP contribution is 2.34. The molecular weight excluding hydrogens is 331 g/mol. The van der Waals surface area contributed by atoms with Crippen molar-refractivity contribution in [2.75, 3.05) is 18.5 Å². The number of nitrogens with one attached hydrogen (secondary N) is 1. The number of benzene rings is 1. The molecule has 0 aliphatic carbocycles. The number of fused-ring (bicyclic) bond motifs is 1. The van der Waals surface area contributed by atoms with Crippen molar-refractivity contribution >= 4 is 28.2 Å². The Morgan fingerprint density at radius 3 is 2.74 bits per heavy atom. The van der Waals surface area contributed by atoms with Gasteiger partial charge in [-0.25, -0.2) is 4.98 Å². The van der Waals surface area contributed by atoms with E-state index in [1.807, 2.05) is 0 Å². The third kappa shape index (κ3) is 3.68. The molecule has 124 valence electrons. The summed E-state index contributed by atoms with van der Waals surface area (Å²) in [4.78, 5) is 3.68. The van der Waals surface area contributed by atoms with Gasteiger partial charge >= 0.3 is 6.18 Å². The van der Waals surface area contributed by atoms with Gasteiger partial charge in [0.1, 0.15) is 5.69 Å². The third-order valence-electron chi connectivity index (χ3n) is 3.66. The topological polar surface area (TPSA) is 60.2 Å². The van der Waals surface area contributed by atoms with Crippen LogP contribution < -0.4 is 11.1 Å². The fourth-order valence-electron chi connectivity index (χ4n) is 2.65. The molecule has 1 aliphatic heterocycles. The summed E-state index contributed by atoms with van der Waals surface area (Å²) in [6.45, 7) is 0.842. The van der Waals surface area contributed by atoms with Gasteiger partial charge in [-0.3, -0.25) is 0 Å². The Morgan fingerprint density at radius 1 is 1.26 bits per heavy atom. The average molecular weight is 346 g/mol. The number of anilines is 1. The normalized spacial score (nSPS) is 22.3. The Kier molecular flexibility index (Phi) is 4.35. The lowest BCUT2D eigenvalue weighted by Gasteiger charge is -2.29. The van der Waals surface area contributed by atoms with E-state index in [2.05, 4.69) is 10.3 Å². The number of alkyl halides is 3. The molecule has 1 saturated heterocycles. The first-order valence-electron chi connectivity index (χ1n) is 7.10. The van der Waals surface area contributed by atoms with Gasteiger partial charge in [0.15, 0.2) is 0 Å². The van der Waals surface area contributed by atoms with Crippen molar-refractivity contribution < 1.29 is 17.9 Å². The molecular formula is C15H15ClF3N3O. The fourth-order valence-corrected chi connectivity index (χ4v) is 2.82. The predicted octanol–water partition coefficient (Wildman–Crippen LogP) is 3.44. The molecule has 0 radical (unpaired) electrons. The fraction of sp³-hybridized carbons (Fsp3) is 0.400. The molecule has 0 unspecified atom stereocenters. The monoisotopic (exact) mass is 345 g/mol. The van der Waals surface area contributed by atoms with E-state index in [-0.39, 0.29) is 17.6 Å². The summed E-state index contributed by atoms with van der Waals surface area (Å²) in [6, 6.07) is 5.28. The Hall–Kier alpha value is -1.57. The molecule has 2 heterocycles. The minimum absolute atomic E-state index is 0.139. The van der Waals surface area contributed by atoms with Crippen LogP contribution in [0.15, 0.2) is 24.3 Å². The summed E-state index contributed by atoms with van der Waals surface area (Å²) >= 11 is 5.96. The van der Waals surface area contributed by atoms with Crippen LogP contribution in [-0.4, -0.2) is 30.3 Å². The largest absolute Gasteiger partial charge is 0.433 e. The van der Waals surface area contributed by atoms with Crippen LogP contribution in [-0.2, 0) is 10.9 Å². The lowest BCUT2D eigenvalue weighted by atomic mass is 10.1. The minimum atomic E-state index is -4.52. The summed E-state index contributed by atoms with van der Waals surface area (Å²) < 4.78 is 44.5. The van der Waals surface area contributed by atoms with Crippen molar-refractivity contribution in [3.8, 4) is 0 Å². The smallest absolute Gasteiger partial charge is 0.379 e. The van der Waals surface area contributed by atoms with Crippen LogP contribution in [0.4, 0.5) is 18.9 Å². The highest BCUT2D eigenvalue weighted by atomic mass is 35.5. The number of nitrogens with two attached hydrogens (primary N) is 1. The molecule has 0 amide bonds. The van der Waals surface area contributed by atoms with E-state index in [9.17, 15) is 13.2 Å². The molecule has 1 aliphatic rings. The van der Waals surface area contributed by atoms with Crippen LogP contribution in [0.5, 0.6) is 0 Å². The average Bonchev–Trinajstić information content (AvgIpc) is 2.46. The van der Waals surface area contributed by atoms with Crippen molar-refractivity contribution in [1.29, 1.82) is 0 Å². The van der Waals surface area contributed by atoms with Gasteiger partial charge in [-0.15, -0.1) is 0 Å². The Balaban J connectivity index is 2.03. The van der Waals surface area contributed by atoms with E-state index in [0.29, 0.717) is 35.7 Å². The molecule has 3 rings (SSSR count). The first-order chi connectivity index (χ1) is 10.8. The lowest BCUT2D eigenvalue weighted by molar-refractivity contribution is -0.140. The van der Waals surface area contributed by atoms with Crippen LogP contribution in [0, 0.1) is 0 Å². The maximum Gasteiger partial charge on any atom is 0.433 e. The standard InChI is InChI=1S/C15H15ClF3N3O/c16-8-1-2-12-11(3-8)13(5-14(22-12)15(17,18)19)21-10-4-9(20)6-23-7-10/h1-3,5,9-10H,4,6-7,20H2,(H,21,22)/t9-,10+/m0/s1. The number of ether oxygens (including phenoxy) is 1. The molecule has 1 fully saturated rings. The van der Waals surface area contributed by atoms with E-state index in [1.165, 1.54) is 12.1 Å². The minimum Gasteiger partial charge on any atom is -0.379 e. The molecule has 2 atom stereocenters. The van der Waals surface area contributed by atoms with E-state index in [4.69, 9.17) is 22.1 Å². The van der Waals surface area contributed by atoms with E-state index >= 15 is 0 Å². The lowest BCUT2D eigenvalue weighted by Crippen LogP contribution is -2.42. The van der Waals surface area contributed by atoms with E-state index < -0.39 is 11.9 Å². The van der Waals surface area contributed by atoms with Crippen LogP contribution in [0.3, 0.4) is 0 Å². The SMILES string of the molecule is N[C@@H]1COC[C@H](Nc2cc(C(F)(F)F)nc3ccc(Cl)cc23)C1. The number of rotatable bonds is 2. The second kappa shape index (κ2) is 6.14. The van der Waals surface area contributed by atoms with Gasteiger partial charge in [0.2, 0.25) is 0 Å². The molecule has 4 nitrogen and oxygen atoms in total. The number of nitrogens with zero attached hydrogens (tertiary/aromatic N) is 1. The van der Waals surface area contributed by atoms with Gasteiger partial charge in [-0.1, -0.05) is 11.6 Å². The first kappa shape index (κ1) is 16.3. The predicted molar refractivity (Wildman–Crippen MR) is 82.6 cm³/mol. The van der Waals surface area contributed by atoms with Gasteiger partial charge in [-0.2, -0.15) is 13.2 Å². The van der Waals surface area contributed by atoms with Gasteiger partial charge in [-0.05, 0) is 30.7 Å². The summed E-state index contributed by atoms with van der Waals surface area (Å²) in [7, 11) is 0. The van der Waals surface area contributed by atoms with Crippen molar-refractivity contribution in [1.82, 2.24) is 4.98 Å². The molecule has 0 bridgehead atoms. The van der Waals surface area contributed by atoms with Crippen molar-refractivity contribution in [3.05, 3.63) is 35.0 Å². The Morgan fingerprint density at radius 2 is 2.04 bits per heavy atom. The maximum atomic E-state index is 13.1. The second-order valence-corrected chi connectivity index (χ2v) is 6.03. The van der Waals surface area contributed by atoms with Gasteiger partial charge in [0, 0.05) is 22.1 Å². The van der Waals surface area contributed by atoms with E-state index in [1.54, 1.807) is 6.07 Å². The van der Waals surface area contributed by atoms with Crippen molar-refractivity contribution in [2.24, 2.45) is 5.73 Å². The van der Waals surface area contributed by atoms with Crippen LogP contribution in [0.1, 0.15) is 12.1 Å². The Labute approximate surface area is 135 Å². The van der Waals surface area contributed by atoms with Crippen LogP contribution in [0.2, 0.25) is 5.02 Å². The molecule has 8 heteroatoms. The second-order valence-electron chi connectivity index (χ2n) is 5.59. The molecule has 3 N–H and O–H groups in total. The quantitative estimate of drug-likeness (QED) is 0.875. The van der Waals surface area contributed by atoms with Crippen LogP contribution >= 0.6 is 11.6 Å². The van der Waals surface area contributed by atoms with Crippen molar-refractivity contribution in [2.45, 2.75) is 24.7 Å². The van der Waals surface area contributed by atoms with E-state index in [0.717, 1.165) is 6.07 Å². The summed E-state index contributed by atoms with van der Waals surface area (Å²) in [5, 5.41) is 4.05. The zero-order chi connectivity index (χ0) is 16.6.